The first-order chi connectivity index (χ1) is 17.6. The molecule has 0 amide bonds. The first kappa shape index (κ1) is 28.5. The number of ether oxygens (including phenoxy) is 1. The molecule has 1 fully saturated rings. The van der Waals surface area contributed by atoms with Gasteiger partial charge < -0.3 is 39.5 Å². The van der Waals surface area contributed by atoms with Gasteiger partial charge in [0.1, 0.15) is 18.3 Å². The third-order valence-electron chi connectivity index (χ3n) is 5.39. The van der Waals surface area contributed by atoms with E-state index in [1.54, 1.807) is 30.3 Å². The van der Waals surface area contributed by atoms with Gasteiger partial charge in [0.25, 0.3) is 0 Å². The SMILES string of the molecule is O=P(O)(O)CP(=O)(O)OC[C@H]1O[C@@H](n2cnc3c(NCc4ccccc4)nc(C(F)(F)F)nc32)[C@H](O)[C@@H]1O. The monoisotopic (exact) mass is 583 g/mol. The van der Waals surface area contributed by atoms with Crippen LogP contribution >= 0.6 is 15.2 Å². The van der Waals surface area contributed by atoms with Crippen LogP contribution < -0.4 is 5.32 Å². The maximum absolute atomic E-state index is 13.6. The lowest BCUT2D eigenvalue weighted by molar-refractivity contribution is -0.144. The fourth-order valence-corrected chi connectivity index (χ4v) is 6.26. The number of hydrogen-bond donors (Lipinski definition) is 6. The predicted molar refractivity (Wildman–Crippen MR) is 123 cm³/mol. The number of nitrogens with one attached hydrogen (secondary N) is 1. The molecule has 3 heterocycles. The number of imidazole rings is 1. The van der Waals surface area contributed by atoms with Crippen molar-refractivity contribution in [2.24, 2.45) is 0 Å². The molecule has 0 saturated carbocycles. The first-order valence-corrected chi connectivity index (χ1v) is 14.3. The van der Waals surface area contributed by atoms with Gasteiger partial charge in [-0.3, -0.25) is 13.7 Å². The number of aliphatic hydroxyl groups excluding tert-OH is 2. The standard InChI is InChI=1S/C19H22F3N5O9P2/c20-19(21,22)18-25-15(23-6-10-4-2-1-3-5-10)12-16(26-18)27(8-24-12)17-14(29)13(28)11(36-17)7-35-38(33,34)9-37(30,31)32/h1-5,8,11,13-14,17,28-29H,6-7,9H2,(H,33,34)(H,23,25,26)(H2,30,31,32)/t11-,13-,14-,17-/m1/s1. The Morgan fingerprint density at radius 1 is 1.08 bits per heavy atom. The lowest BCUT2D eigenvalue weighted by atomic mass is 10.1. The summed E-state index contributed by atoms with van der Waals surface area (Å²) >= 11 is 0. The molecular weight excluding hydrogens is 561 g/mol. The number of alkyl halides is 3. The molecule has 0 radical (unpaired) electrons. The third kappa shape index (κ3) is 6.57. The molecule has 6 N–H and O–H groups in total. The summed E-state index contributed by atoms with van der Waals surface area (Å²) in [6.45, 7) is -0.768. The van der Waals surface area contributed by atoms with E-state index in [0.29, 0.717) is 0 Å². The molecule has 208 valence electrons. The van der Waals surface area contributed by atoms with Crippen molar-refractivity contribution in [2.75, 3.05) is 17.8 Å². The highest BCUT2D eigenvalue weighted by molar-refractivity contribution is 7.70. The average Bonchev–Trinajstić information content (AvgIpc) is 3.36. The second-order valence-electron chi connectivity index (χ2n) is 8.34. The number of benzene rings is 1. The van der Waals surface area contributed by atoms with Crippen molar-refractivity contribution in [2.45, 2.75) is 37.3 Å². The molecule has 14 nitrogen and oxygen atoms in total. The number of aliphatic hydroxyl groups is 2. The molecule has 0 aliphatic carbocycles. The third-order valence-corrected chi connectivity index (χ3v) is 8.85. The van der Waals surface area contributed by atoms with Crippen LogP contribution in [0.15, 0.2) is 36.7 Å². The van der Waals surface area contributed by atoms with Gasteiger partial charge >= 0.3 is 21.4 Å². The molecular formula is C19H22F3N5O9P2. The molecule has 3 aromatic rings. The molecule has 1 aliphatic heterocycles. The highest BCUT2D eigenvalue weighted by Gasteiger charge is 2.46. The predicted octanol–water partition coefficient (Wildman–Crippen LogP) is 1.41. The molecule has 5 atom stereocenters. The molecule has 19 heteroatoms. The fourth-order valence-electron chi connectivity index (χ4n) is 3.69. The molecule has 0 bridgehead atoms. The van der Waals surface area contributed by atoms with Crippen LogP contribution in [-0.2, 0) is 31.1 Å². The molecule has 38 heavy (non-hydrogen) atoms. The number of aromatic nitrogens is 4. The zero-order chi connectivity index (χ0) is 27.9. The number of halogens is 3. The van der Waals surface area contributed by atoms with E-state index in [4.69, 9.17) is 14.5 Å². The van der Waals surface area contributed by atoms with Crippen LogP contribution in [0.3, 0.4) is 0 Å². The number of nitrogens with zero attached hydrogens (tertiary/aromatic N) is 4. The van der Waals surface area contributed by atoms with Gasteiger partial charge in [-0.2, -0.15) is 13.2 Å². The molecule has 1 aliphatic rings. The quantitative estimate of drug-likeness (QED) is 0.197. The van der Waals surface area contributed by atoms with E-state index >= 15 is 0 Å². The molecule has 1 unspecified atom stereocenters. The normalized spacial score (nSPS) is 24.0. The van der Waals surface area contributed by atoms with Crippen molar-refractivity contribution < 1.29 is 56.5 Å². The summed E-state index contributed by atoms with van der Waals surface area (Å²) in [5.74, 6) is -3.25. The summed E-state index contributed by atoms with van der Waals surface area (Å²) in [6, 6.07) is 8.74. The van der Waals surface area contributed by atoms with Gasteiger partial charge in [-0.1, -0.05) is 30.3 Å². The van der Waals surface area contributed by atoms with Gasteiger partial charge in [-0.15, -0.1) is 0 Å². The van der Waals surface area contributed by atoms with Crippen molar-refractivity contribution in [3.63, 3.8) is 0 Å². The van der Waals surface area contributed by atoms with E-state index in [1.165, 1.54) is 0 Å². The van der Waals surface area contributed by atoms with E-state index in [9.17, 15) is 37.4 Å². The summed E-state index contributed by atoms with van der Waals surface area (Å²) in [4.78, 5) is 38.5. The van der Waals surface area contributed by atoms with E-state index < -0.39 is 69.9 Å². The zero-order valence-corrected chi connectivity index (χ0v) is 20.9. The van der Waals surface area contributed by atoms with Gasteiger partial charge in [0.2, 0.25) is 5.82 Å². The average molecular weight is 583 g/mol. The summed E-state index contributed by atoms with van der Waals surface area (Å²) in [5.41, 5.74) is 0.253. The smallest absolute Gasteiger partial charge is 0.387 e. The Hall–Kier alpha value is -2.46. The Kier molecular flexibility index (Phi) is 7.96. The van der Waals surface area contributed by atoms with Crippen LogP contribution in [0.1, 0.15) is 17.6 Å². The Morgan fingerprint density at radius 3 is 2.39 bits per heavy atom. The molecule has 4 rings (SSSR count). The summed E-state index contributed by atoms with van der Waals surface area (Å²) in [7, 11) is -9.72. The van der Waals surface area contributed by atoms with Crippen molar-refractivity contribution in [3.05, 3.63) is 48.0 Å². The number of hydrogen-bond acceptors (Lipinski definition) is 10. The molecule has 1 saturated heterocycles. The first-order valence-electron chi connectivity index (χ1n) is 10.8. The van der Waals surface area contributed by atoms with Gasteiger partial charge in [0.15, 0.2) is 29.1 Å². The largest absolute Gasteiger partial charge is 0.451 e. The zero-order valence-electron chi connectivity index (χ0n) is 19.1. The van der Waals surface area contributed by atoms with E-state index in [-0.39, 0.29) is 17.9 Å². The number of rotatable bonds is 9. The van der Waals surface area contributed by atoms with E-state index in [1.807, 2.05) is 0 Å². The van der Waals surface area contributed by atoms with Crippen LogP contribution in [-0.4, -0.2) is 75.2 Å². The van der Waals surface area contributed by atoms with Gasteiger partial charge in [0.05, 0.1) is 12.9 Å². The second-order valence-corrected chi connectivity index (χ2v) is 12.3. The minimum Gasteiger partial charge on any atom is -0.387 e. The molecule has 2 aromatic heterocycles. The van der Waals surface area contributed by atoms with Gasteiger partial charge in [-0.25, -0.2) is 15.0 Å². The van der Waals surface area contributed by atoms with Crippen LogP contribution in [0.2, 0.25) is 0 Å². The Bertz CT molecular complexity index is 1390. The Balaban J connectivity index is 1.61. The highest BCUT2D eigenvalue weighted by Crippen LogP contribution is 2.55. The topological polar surface area (TPSA) is 209 Å². The van der Waals surface area contributed by atoms with Crippen molar-refractivity contribution in [1.82, 2.24) is 19.5 Å². The Morgan fingerprint density at radius 2 is 1.76 bits per heavy atom. The molecule has 1 aromatic carbocycles. The number of fused-ring (bicyclic) bond motifs is 1. The van der Waals surface area contributed by atoms with Crippen LogP contribution in [0.25, 0.3) is 11.2 Å². The van der Waals surface area contributed by atoms with Crippen molar-refractivity contribution >= 4 is 32.2 Å². The van der Waals surface area contributed by atoms with Gasteiger partial charge in [-0.05, 0) is 5.56 Å². The highest BCUT2D eigenvalue weighted by atomic mass is 31.2. The van der Waals surface area contributed by atoms with Crippen LogP contribution in [0.4, 0.5) is 19.0 Å². The lowest BCUT2D eigenvalue weighted by Crippen LogP contribution is -2.33. The van der Waals surface area contributed by atoms with E-state index in [0.717, 1.165) is 16.5 Å². The van der Waals surface area contributed by atoms with Crippen LogP contribution in [0, 0.1) is 0 Å². The van der Waals surface area contributed by atoms with Crippen molar-refractivity contribution in [1.29, 1.82) is 0 Å². The van der Waals surface area contributed by atoms with Gasteiger partial charge in [0, 0.05) is 6.54 Å². The maximum Gasteiger partial charge on any atom is 0.451 e. The molecule has 0 spiro atoms. The lowest BCUT2D eigenvalue weighted by Gasteiger charge is -2.18. The van der Waals surface area contributed by atoms with Crippen LogP contribution in [0.5, 0.6) is 0 Å². The summed E-state index contributed by atoms with van der Waals surface area (Å²) in [6.07, 6.45) is -10.5. The second kappa shape index (κ2) is 10.6. The summed E-state index contributed by atoms with van der Waals surface area (Å²) in [5, 5.41) is 23.6. The maximum atomic E-state index is 13.6. The van der Waals surface area contributed by atoms with E-state index in [2.05, 4.69) is 24.8 Å². The minimum absolute atomic E-state index is 0.0968. The minimum atomic E-state index is -4.95. The number of anilines is 1. The summed E-state index contributed by atoms with van der Waals surface area (Å²) < 4.78 is 74.7. The Labute approximate surface area is 211 Å². The fraction of sp³-hybridized carbons (Fsp3) is 0.421. The van der Waals surface area contributed by atoms with Crippen molar-refractivity contribution in [3.8, 4) is 0 Å².